The summed E-state index contributed by atoms with van der Waals surface area (Å²) in [6, 6.07) is 1.89. The lowest BCUT2D eigenvalue weighted by molar-refractivity contribution is -0.109. The van der Waals surface area contributed by atoms with Crippen molar-refractivity contribution in [3.8, 4) is 0 Å². The van der Waals surface area contributed by atoms with Gasteiger partial charge in [-0.1, -0.05) is 23.9 Å². The van der Waals surface area contributed by atoms with E-state index in [-0.39, 0.29) is 11.7 Å². The Kier molecular flexibility index (Phi) is 5.82. The van der Waals surface area contributed by atoms with Crippen LogP contribution in [0.4, 0.5) is 0 Å². The maximum Gasteiger partial charge on any atom is 0.185 e. The van der Waals surface area contributed by atoms with E-state index in [2.05, 4.69) is 4.98 Å². The number of hydrogen-bond donors (Lipinski definition) is 1. The van der Waals surface area contributed by atoms with Crippen molar-refractivity contribution in [2.24, 2.45) is 0 Å². The highest BCUT2D eigenvalue weighted by molar-refractivity contribution is 8.13. The Morgan fingerprint density at radius 3 is 3.06 bits per heavy atom. The zero-order chi connectivity index (χ0) is 11.8. The van der Waals surface area contributed by atoms with Crippen molar-refractivity contribution in [2.45, 2.75) is 20.0 Å². The Bertz CT molecular complexity index is 377. The average molecular weight is 237 g/mol. The lowest BCUT2D eigenvalue weighted by Gasteiger charge is -1.97. The van der Waals surface area contributed by atoms with Gasteiger partial charge in [-0.05, 0) is 23.6 Å². The first-order valence-electron chi connectivity index (χ1n) is 5.07. The van der Waals surface area contributed by atoms with E-state index in [0.717, 1.165) is 23.3 Å². The van der Waals surface area contributed by atoms with Crippen LogP contribution in [-0.4, -0.2) is 21.0 Å². The molecule has 1 aromatic rings. The number of aliphatic hydroxyl groups excluding tert-OH is 1. The zero-order valence-corrected chi connectivity index (χ0v) is 10.0. The van der Waals surface area contributed by atoms with E-state index in [1.54, 1.807) is 19.3 Å². The molecular formula is C12H15NO2S. The molecule has 1 aromatic heterocycles. The van der Waals surface area contributed by atoms with Gasteiger partial charge in [0.1, 0.15) is 0 Å². The minimum Gasteiger partial charge on any atom is -0.392 e. The molecule has 86 valence electrons. The molecule has 0 fully saturated rings. The van der Waals surface area contributed by atoms with Gasteiger partial charge >= 0.3 is 0 Å². The summed E-state index contributed by atoms with van der Waals surface area (Å²) in [4.78, 5) is 14.7. The van der Waals surface area contributed by atoms with Gasteiger partial charge in [0.2, 0.25) is 0 Å². The highest BCUT2D eigenvalue weighted by atomic mass is 32.2. The molecular weight excluding hydrogens is 222 g/mol. The monoisotopic (exact) mass is 237 g/mol. The number of aliphatic hydroxyl groups is 1. The number of aromatic nitrogens is 1. The maximum absolute atomic E-state index is 10.7. The van der Waals surface area contributed by atoms with Crippen LogP contribution in [0.15, 0.2) is 24.5 Å². The number of hydrogen-bond acceptors (Lipinski definition) is 4. The third-order valence-electron chi connectivity index (χ3n) is 1.90. The summed E-state index contributed by atoms with van der Waals surface area (Å²) >= 11 is 1.33. The molecule has 0 unspecified atom stereocenters. The molecule has 1 heterocycles. The largest absolute Gasteiger partial charge is 0.392 e. The average Bonchev–Trinajstić information content (AvgIpc) is 2.28. The van der Waals surface area contributed by atoms with Gasteiger partial charge in [0.05, 0.1) is 6.61 Å². The van der Waals surface area contributed by atoms with E-state index in [9.17, 15) is 4.79 Å². The van der Waals surface area contributed by atoms with Gasteiger partial charge in [-0.3, -0.25) is 9.78 Å². The summed E-state index contributed by atoms with van der Waals surface area (Å²) in [5.41, 5.74) is 1.78. The molecule has 16 heavy (non-hydrogen) atoms. The van der Waals surface area contributed by atoms with Crippen LogP contribution in [0.25, 0.3) is 6.08 Å². The van der Waals surface area contributed by atoms with Crippen molar-refractivity contribution in [3.63, 3.8) is 0 Å². The van der Waals surface area contributed by atoms with Crippen LogP contribution < -0.4 is 0 Å². The number of allylic oxidation sites excluding steroid dienone is 1. The van der Waals surface area contributed by atoms with E-state index in [4.69, 9.17) is 5.11 Å². The predicted molar refractivity (Wildman–Crippen MR) is 66.9 cm³/mol. The highest BCUT2D eigenvalue weighted by Crippen LogP contribution is 2.07. The van der Waals surface area contributed by atoms with E-state index in [0.29, 0.717) is 0 Å². The summed E-state index contributed by atoms with van der Waals surface area (Å²) in [6.07, 6.45) is 8.20. The van der Waals surface area contributed by atoms with Crippen molar-refractivity contribution >= 4 is 23.0 Å². The first kappa shape index (κ1) is 12.9. The van der Waals surface area contributed by atoms with Crippen molar-refractivity contribution in [3.05, 3.63) is 35.7 Å². The van der Waals surface area contributed by atoms with Crippen LogP contribution in [0.3, 0.4) is 0 Å². The van der Waals surface area contributed by atoms with Gasteiger partial charge in [-0.25, -0.2) is 0 Å². The van der Waals surface area contributed by atoms with Crippen molar-refractivity contribution in [2.75, 3.05) is 5.75 Å². The van der Waals surface area contributed by atoms with E-state index < -0.39 is 0 Å². The van der Waals surface area contributed by atoms with Gasteiger partial charge < -0.3 is 5.11 Å². The number of carbonyl (C=O) groups excluding carboxylic acids is 1. The molecule has 0 atom stereocenters. The summed E-state index contributed by atoms with van der Waals surface area (Å²) in [6.45, 7) is 1.58. The third-order valence-corrected chi connectivity index (χ3v) is 2.75. The summed E-state index contributed by atoms with van der Waals surface area (Å²) in [5, 5.41) is 9.08. The molecule has 0 bridgehead atoms. The van der Waals surface area contributed by atoms with Gasteiger partial charge in [0.15, 0.2) is 5.12 Å². The first-order chi connectivity index (χ1) is 7.72. The highest BCUT2D eigenvalue weighted by Gasteiger charge is 1.93. The van der Waals surface area contributed by atoms with Gasteiger partial charge in [0.25, 0.3) is 0 Å². The Morgan fingerprint density at radius 2 is 2.38 bits per heavy atom. The van der Waals surface area contributed by atoms with Gasteiger partial charge in [-0.2, -0.15) is 0 Å². The second-order valence-corrected chi connectivity index (χ2v) is 4.59. The minimum absolute atomic E-state index is 0.00880. The lowest BCUT2D eigenvalue weighted by Crippen LogP contribution is -1.86. The molecule has 0 amide bonds. The van der Waals surface area contributed by atoms with Crippen molar-refractivity contribution < 1.29 is 9.90 Å². The standard InChI is InChI=1S/C12H15NO2S/c1-10(15)16-5-3-2-4-11-6-12(9-14)8-13-7-11/h2,4,6-8,14H,3,5,9H2,1H3. The molecule has 0 spiro atoms. The molecule has 4 heteroatoms. The molecule has 0 aliphatic carbocycles. The molecule has 1 N–H and O–H groups in total. The summed E-state index contributed by atoms with van der Waals surface area (Å²) in [5.74, 6) is 0.805. The van der Waals surface area contributed by atoms with E-state index in [1.165, 1.54) is 11.8 Å². The minimum atomic E-state index is 0.00880. The van der Waals surface area contributed by atoms with Crippen LogP contribution in [0, 0.1) is 0 Å². The number of rotatable bonds is 5. The van der Waals surface area contributed by atoms with Crippen LogP contribution in [0.1, 0.15) is 24.5 Å². The van der Waals surface area contributed by atoms with Crippen molar-refractivity contribution in [1.29, 1.82) is 0 Å². The van der Waals surface area contributed by atoms with Crippen LogP contribution in [0.2, 0.25) is 0 Å². The third kappa shape index (κ3) is 5.09. The van der Waals surface area contributed by atoms with Gasteiger partial charge in [0, 0.05) is 25.1 Å². The SMILES string of the molecule is CC(=O)SCCC=Cc1cncc(CO)c1. The molecule has 0 radical (unpaired) electrons. The molecule has 3 nitrogen and oxygen atoms in total. The molecule has 0 saturated heterocycles. The quantitative estimate of drug-likeness (QED) is 0.798. The molecule has 1 rings (SSSR count). The predicted octanol–water partition coefficient (Wildman–Crippen LogP) is 2.26. The Hall–Kier alpha value is -1.13. The first-order valence-corrected chi connectivity index (χ1v) is 6.05. The zero-order valence-electron chi connectivity index (χ0n) is 9.22. The smallest absolute Gasteiger partial charge is 0.185 e. The Labute approximate surface area is 99.6 Å². The fraction of sp³-hybridized carbons (Fsp3) is 0.333. The van der Waals surface area contributed by atoms with Crippen LogP contribution >= 0.6 is 11.8 Å². The number of thioether (sulfide) groups is 1. The number of nitrogens with zero attached hydrogens (tertiary/aromatic N) is 1. The Balaban J connectivity index is 2.40. The molecule has 0 aliphatic rings. The van der Waals surface area contributed by atoms with E-state index in [1.807, 2.05) is 18.2 Å². The second-order valence-electron chi connectivity index (χ2n) is 3.32. The summed E-state index contributed by atoms with van der Waals surface area (Å²) in [7, 11) is 0. The Morgan fingerprint density at radius 1 is 1.56 bits per heavy atom. The molecule has 0 aliphatic heterocycles. The van der Waals surface area contributed by atoms with Gasteiger partial charge in [-0.15, -0.1) is 0 Å². The van der Waals surface area contributed by atoms with Crippen molar-refractivity contribution in [1.82, 2.24) is 4.98 Å². The topological polar surface area (TPSA) is 50.2 Å². The maximum atomic E-state index is 10.7. The number of pyridine rings is 1. The van der Waals surface area contributed by atoms with E-state index >= 15 is 0 Å². The number of carbonyl (C=O) groups is 1. The van der Waals surface area contributed by atoms with Crippen LogP contribution in [-0.2, 0) is 11.4 Å². The molecule has 0 saturated carbocycles. The fourth-order valence-corrected chi connectivity index (χ4v) is 1.72. The second kappa shape index (κ2) is 7.19. The summed E-state index contributed by atoms with van der Waals surface area (Å²) < 4.78 is 0. The fourth-order valence-electron chi connectivity index (χ4n) is 1.18. The molecule has 0 aromatic carbocycles. The lowest BCUT2D eigenvalue weighted by atomic mass is 10.2. The van der Waals surface area contributed by atoms with Crippen LogP contribution in [0.5, 0.6) is 0 Å². The normalized spacial score (nSPS) is 10.9.